The molecule has 4 aliphatic rings. The maximum absolute atomic E-state index is 13.7. The van der Waals surface area contributed by atoms with Crippen molar-refractivity contribution in [1.82, 2.24) is 5.32 Å². The Bertz CT molecular complexity index is 486. The van der Waals surface area contributed by atoms with Gasteiger partial charge in [-0.25, -0.2) is 8.78 Å². The van der Waals surface area contributed by atoms with E-state index in [0.29, 0.717) is 18.2 Å². The van der Waals surface area contributed by atoms with Crippen LogP contribution in [0.15, 0.2) is 18.2 Å². The second kappa shape index (κ2) is 4.80. The van der Waals surface area contributed by atoms with Gasteiger partial charge in [0.25, 0.3) is 0 Å². The molecule has 0 spiro atoms. The van der Waals surface area contributed by atoms with E-state index in [1.54, 1.807) is 12.1 Å². The van der Waals surface area contributed by atoms with Crippen LogP contribution in [0.5, 0.6) is 0 Å². The summed E-state index contributed by atoms with van der Waals surface area (Å²) in [7, 11) is 0. The topological polar surface area (TPSA) is 12.0 Å². The number of rotatable bonds is 3. The highest BCUT2D eigenvalue weighted by Gasteiger charge is 2.47. The molecule has 0 radical (unpaired) electrons. The number of halogens is 2. The lowest BCUT2D eigenvalue weighted by atomic mass is 9.54. The van der Waals surface area contributed by atoms with E-state index in [9.17, 15) is 8.78 Å². The largest absolute Gasteiger partial charge is 0.309 e. The van der Waals surface area contributed by atoms with Crippen molar-refractivity contribution in [1.29, 1.82) is 0 Å². The molecule has 0 aromatic heterocycles. The summed E-state index contributed by atoms with van der Waals surface area (Å²) in [5.74, 6) is 1.99. The molecule has 20 heavy (non-hydrogen) atoms. The summed E-state index contributed by atoms with van der Waals surface area (Å²) in [4.78, 5) is 0. The van der Waals surface area contributed by atoms with Gasteiger partial charge in [-0.1, -0.05) is 12.1 Å². The first kappa shape index (κ1) is 12.8. The van der Waals surface area contributed by atoms with Crippen molar-refractivity contribution >= 4 is 0 Å². The highest BCUT2D eigenvalue weighted by Crippen LogP contribution is 2.53. The maximum Gasteiger partial charge on any atom is 0.163 e. The molecule has 5 rings (SSSR count). The van der Waals surface area contributed by atoms with Crippen molar-refractivity contribution in [2.45, 2.75) is 44.7 Å². The normalized spacial score (nSPS) is 38.4. The van der Waals surface area contributed by atoms with Gasteiger partial charge in [0.1, 0.15) is 0 Å². The third-order valence-electron chi connectivity index (χ3n) is 5.79. The summed E-state index contributed by atoms with van der Waals surface area (Å²) in [5.41, 5.74) is 0.457. The summed E-state index contributed by atoms with van der Waals surface area (Å²) in [5, 5.41) is 3.54. The fourth-order valence-corrected chi connectivity index (χ4v) is 5.17. The van der Waals surface area contributed by atoms with Crippen molar-refractivity contribution < 1.29 is 8.78 Å². The Morgan fingerprint density at radius 2 is 1.60 bits per heavy atom. The molecule has 0 unspecified atom stereocenters. The Morgan fingerprint density at radius 1 is 0.950 bits per heavy atom. The summed E-state index contributed by atoms with van der Waals surface area (Å²) in [6.07, 6.45) is 6.82. The van der Waals surface area contributed by atoms with Crippen molar-refractivity contribution in [3.63, 3.8) is 0 Å². The predicted octanol–water partition coefficient (Wildman–Crippen LogP) is 3.88. The van der Waals surface area contributed by atoms with Crippen molar-refractivity contribution in [3.8, 4) is 0 Å². The molecule has 3 heteroatoms. The summed E-state index contributed by atoms with van der Waals surface area (Å²) in [6.45, 7) is 0.455. The Hall–Kier alpha value is -0.960. The van der Waals surface area contributed by atoms with Crippen LogP contribution >= 0.6 is 0 Å². The fourth-order valence-electron chi connectivity index (χ4n) is 5.17. The highest BCUT2D eigenvalue weighted by molar-refractivity contribution is 5.19. The van der Waals surface area contributed by atoms with E-state index < -0.39 is 11.6 Å². The Balaban J connectivity index is 1.46. The highest BCUT2D eigenvalue weighted by atomic mass is 19.2. The SMILES string of the molecule is Fc1cccc(CNC2C3CC4CC(C3)CC2C4)c1F. The fraction of sp³-hybridized carbons (Fsp3) is 0.647. The minimum absolute atomic E-state index is 0.455. The number of benzene rings is 1. The lowest BCUT2D eigenvalue weighted by molar-refractivity contribution is -0.0143. The molecule has 1 aromatic carbocycles. The number of nitrogens with one attached hydrogen (secondary N) is 1. The molecule has 0 atom stereocenters. The monoisotopic (exact) mass is 277 g/mol. The van der Waals surface area contributed by atoms with Gasteiger partial charge in [0.15, 0.2) is 11.6 Å². The molecule has 0 saturated heterocycles. The van der Waals surface area contributed by atoms with Gasteiger partial charge < -0.3 is 5.32 Å². The van der Waals surface area contributed by atoms with E-state index in [1.165, 1.54) is 38.2 Å². The lowest BCUT2D eigenvalue weighted by Crippen LogP contribution is -2.54. The molecule has 0 heterocycles. The van der Waals surface area contributed by atoms with E-state index in [4.69, 9.17) is 0 Å². The van der Waals surface area contributed by atoms with Crippen LogP contribution in [0, 0.1) is 35.3 Å². The third-order valence-corrected chi connectivity index (χ3v) is 5.79. The molecular weight excluding hydrogens is 256 g/mol. The quantitative estimate of drug-likeness (QED) is 0.884. The summed E-state index contributed by atoms with van der Waals surface area (Å²) < 4.78 is 26.9. The molecule has 4 aliphatic carbocycles. The minimum atomic E-state index is -0.741. The molecule has 1 nitrogen and oxygen atoms in total. The third kappa shape index (κ3) is 2.07. The minimum Gasteiger partial charge on any atom is -0.309 e. The molecular formula is C17H21F2N. The van der Waals surface area contributed by atoms with Gasteiger partial charge >= 0.3 is 0 Å². The standard InChI is InChI=1S/C17H21F2N/c18-15-3-1-2-12(16(15)19)9-20-17-13-5-10-4-11(7-13)8-14(17)6-10/h1-3,10-11,13-14,17,20H,4-9H2. The summed E-state index contributed by atoms with van der Waals surface area (Å²) >= 11 is 0. The molecule has 4 bridgehead atoms. The van der Waals surface area contributed by atoms with Gasteiger partial charge in [0, 0.05) is 18.2 Å². The van der Waals surface area contributed by atoms with Gasteiger partial charge in [-0.3, -0.25) is 0 Å². The Morgan fingerprint density at radius 3 is 2.25 bits per heavy atom. The van der Waals surface area contributed by atoms with Gasteiger partial charge in [-0.15, -0.1) is 0 Å². The van der Waals surface area contributed by atoms with Gasteiger partial charge in [-0.05, 0) is 61.8 Å². The first-order valence-electron chi connectivity index (χ1n) is 7.87. The second-order valence-corrected chi connectivity index (χ2v) is 7.05. The van der Waals surface area contributed by atoms with Crippen LogP contribution in [0.25, 0.3) is 0 Å². The van der Waals surface area contributed by atoms with Crippen molar-refractivity contribution in [2.24, 2.45) is 23.7 Å². The number of hydrogen-bond donors (Lipinski definition) is 1. The van der Waals surface area contributed by atoms with Crippen LogP contribution in [0.2, 0.25) is 0 Å². The van der Waals surface area contributed by atoms with Crippen molar-refractivity contribution in [3.05, 3.63) is 35.4 Å². The average Bonchev–Trinajstić information content (AvgIpc) is 2.41. The molecule has 1 N–H and O–H groups in total. The lowest BCUT2D eigenvalue weighted by Gasteiger charge is -2.54. The molecule has 4 fully saturated rings. The van der Waals surface area contributed by atoms with Crippen LogP contribution in [0.4, 0.5) is 8.78 Å². The van der Waals surface area contributed by atoms with E-state index in [0.717, 1.165) is 23.7 Å². The van der Waals surface area contributed by atoms with E-state index in [2.05, 4.69) is 5.32 Å². The number of hydrogen-bond acceptors (Lipinski definition) is 1. The predicted molar refractivity (Wildman–Crippen MR) is 74.0 cm³/mol. The van der Waals surface area contributed by atoms with Crippen LogP contribution in [-0.2, 0) is 6.54 Å². The molecule has 0 aliphatic heterocycles. The van der Waals surface area contributed by atoms with E-state index in [1.807, 2.05) is 0 Å². The Labute approximate surface area is 118 Å². The molecule has 108 valence electrons. The molecule has 1 aromatic rings. The van der Waals surface area contributed by atoms with Crippen LogP contribution in [0.3, 0.4) is 0 Å². The smallest absolute Gasteiger partial charge is 0.163 e. The van der Waals surface area contributed by atoms with Crippen LogP contribution in [0.1, 0.15) is 37.7 Å². The zero-order valence-corrected chi connectivity index (χ0v) is 11.6. The zero-order chi connectivity index (χ0) is 13.7. The van der Waals surface area contributed by atoms with E-state index >= 15 is 0 Å². The van der Waals surface area contributed by atoms with Crippen LogP contribution < -0.4 is 5.32 Å². The van der Waals surface area contributed by atoms with Gasteiger partial charge in [-0.2, -0.15) is 0 Å². The summed E-state index contributed by atoms with van der Waals surface area (Å²) in [6, 6.07) is 4.97. The molecule has 4 saturated carbocycles. The van der Waals surface area contributed by atoms with Gasteiger partial charge in [0.05, 0.1) is 0 Å². The Kier molecular flexibility index (Phi) is 3.06. The van der Waals surface area contributed by atoms with Crippen molar-refractivity contribution in [2.75, 3.05) is 0 Å². The second-order valence-electron chi connectivity index (χ2n) is 7.05. The zero-order valence-electron chi connectivity index (χ0n) is 11.6. The first-order chi connectivity index (χ1) is 9.70. The maximum atomic E-state index is 13.7. The van der Waals surface area contributed by atoms with Gasteiger partial charge in [0.2, 0.25) is 0 Å². The van der Waals surface area contributed by atoms with Crippen LogP contribution in [-0.4, -0.2) is 6.04 Å². The average molecular weight is 277 g/mol. The molecule has 0 amide bonds. The van der Waals surface area contributed by atoms with E-state index in [-0.39, 0.29) is 0 Å². The first-order valence-corrected chi connectivity index (χ1v) is 7.87.